The number of hydrogen-bond acceptors (Lipinski definition) is 4. The zero-order valence-corrected chi connectivity index (χ0v) is 15.6. The van der Waals surface area contributed by atoms with Crippen molar-refractivity contribution in [2.75, 3.05) is 19.7 Å². The van der Waals surface area contributed by atoms with Gasteiger partial charge in [0, 0.05) is 19.0 Å². The van der Waals surface area contributed by atoms with Gasteiger partial charge in [0.05, 0.1) is 18.6 Å². The number of benzene rings is 1. The van der Waals surface area contributed by atoms with Gasteiger partial charge >= 0.3 is 6.09 Å². The third-order valence-corrected chi connectivity index (χ3v) is 4.19. The molecular formula is C20H28N2O3. The van der Waals surface area contributed by atoms with Crippen molar-refractivity contribution in [2.45, 2.75) is 52.1 Å². The topological polar surface area (TPSA) is 62.6 Å². The Morgan fingerprint density at radius 2 is 2.12 bits per heavy atom. The molecule has 2 rings (SSSR count). The monoisotopic (exact) mass is 344 g/mol. The molecule has 1 aromatic rings. The fourth-order valence-electron chi connectivity index (χ4n) is 2.92. The van der Waals surface area contributed by atoms with E-state index in [9.17, 15) is 10.1 Å². The molecule has 25 heavy (non-hydrogen) atoms. The Labute approximate surface area is 150 Å². The molecule has 1 unspecified atom stereocenters. The number of nitriles is 1. The summed E-state index contributed by atoms with van der Waals surface area (Å²) in [6.45, 7) is 9.24. The molecule has 5 heteroatoms. The summed E-state index contributed by atoms with van der Waals surface area (Å²) in [5.74, 6) is 0.559. The summed E-state index contributed by atoms with van der Waals surface area (Å²) in [7, 11) is 0. The minimum atomic E-state index is -0.537. The van der Waals surface area contributed by atoms with Gasteiger partial charge in [0.1, 0.15) is 11.4 Å². The van der Waals surface area contributed by atoms with E-state index >= 15 is 0 Å². The van der Waals surface area contributed by atoms with Crippen molar-refractivity contribution in [1.29, 1.82) is 5.26 Å². The third kappa shape index (κ3) is 5.38. The van der Waals surface area contributed by atoms with Gasteiger partial charge in [-0.05, 0) is 44.9 Å². The highest BCUT2D eigenvalue weighted by molar-refractivity contribution is 5.69. The maximum Gasteiger partial charge on any atom is 0.410 e. The molecule has 0 N–H and O–H groups in total. The predicted molar refractivity (Wildman–Crippen MR) is 96.5 cm³/mol. The van der Waals surface area contributed by atoms with Crippen molar-refractivity contribution in [3.63, 3.8) is 0 Å². The standard InChI is InChI=1S/C20H28N2O3/c1-5-6-10-24-17-9-7-8-15(11-17)18-14-22(13-16(18)12-21)19(23)25-20(2,3)4/h7-9,11,16,18H,5-6,10,13-14H2,1-4H3/t16?,18-/m0/s1. The van der Waals surface area contributed by atoms with Gasteiger partial charge in [0.15, 0.2) is 0 Å². The molecule has 0 radical (unpaired) electrons. The number of amides is 1. The van der Waals surface area contributed by atoms with Crippen LogP contribution in [0.15, 0.2) is 24.3 Å². The quantitative estimate of drug-likeness (QED) is 0.745. The van der Waals surface area contributed by atoms with Crippen molar-refractivity contribution in [2.24, 2.45) is 5.92 Å². The molecule has 0 saturated carbocycles. The summed E-state index contributed by atoms with van der Waals surface area (Å²) < 4.78 is 11.2. The predicted octanol–water partition coefficient (Wildman–Crippen LogP) is 4.34. The minimum absolute atomic E-state index is 0.0211. The summed E-state index contributed by atoms with van der Waals surface area (Å²) >= 11 is 0. The van der Waals surface area contributed by atoms with Crippen molar-refractivity contribution in [3.05, 3.63) is 29.8 Å². The van der Waals surface area contributed by atoms with Crippen molar-refractivity contribution in [1.82, 2.24) is 4.90 Å². The van der Waals surface area contributed by atoms with Crippen LogP contribution in [-0.4, -0.2) is 36.3 Å². The fraction of sp³-hybridized carbons (Fsp3) is 0.600. The van der Waals surface area contributed by atoms with Crippen LogP contribution < -0.4 is 4.74 Å². The molecule has 0 spiro atoms. The number of nitrogens with zero attached hydrogens (tertiary/aromatic N) is 2. The van der Waals surface area contributed by atoms with E-state index in [0.717, 1.165) is 24.2 Å². The lowest BCUT2D eigenvalue weighted by Crippen LogP contribution is -2.35. The molecule has 136 valence electrons. The smallest absolute Gasteiger partial charge is 0.410 e. The molecule has 1 aliphatic heterocycles. The summed E-state index contributed by atoms with van der Waals surface area (Å²) in [5.41, 5.74) is 0.497. The van der Waals surface area contributed by atoms with Crippen LogP contribution >= 0.6 is 0 Å². The number of carbonyl (C=O) groups is 1. The van der Waals surface area contributed by atoms with Crippen LogP contribution in [0.1, 0.15) is 52.0 Å². The average Bonchev–Trinajstić information content (AvgIpc) is 2.98. The molecule has 1 aromatic carbocycles. The Morgan fingerprint density at radius 3 is 2.76 bits per heavy atom. The third-order valence-electron chi connectivity index (χ3n) is 4.19. The fourth-order valence-corrected chi connectivity index (χ4v) is 2.92. The van der Waals surface area contributed by atoms with Crippen LogP contribution in [0.3, 0.4) is 0 Å². The van der Waals surface area contributed by atoms with Crippen LogP contribution in [0.2, 0.25) is 0 Å². The number of unbranched alkanes of at least 4 members (excludes halogenated alkanes) is 1. The Hall–Kier alpha value is -2.22. The second kappa shape index (κ2) is 8.24. The molecule has 0 bridgehead atoms. The van der Waals surface area contributed by atoms with Crippen LogP contribution in [-0.2, 0) is 4.74 Å². The van der Waals surface area contributed by atoms with Gasteiger partial charge in [-0.1, -0.05) is 25.5 Å². The van der Waals surface area contributed by atoms with Crippen LogP contribution in [0.25, 0.3) is 0 Å². The van der Waals surface area contributed by atoms with E-state index in [1.54, 1.807) is 4.90 Å². The molecule has 1 aliphatic rings. The highest BCUT2D eigenvalue weighted by Gasteiger charge is 2.38. The normalized spacial score (nSPS) is 20.2. The largest absolute Gasteiger partial charge is 0.494 e. The number of ether oxygens (including phenoxy) is 2. The van der Waals surface area contributed by atoms with Crippen molar-refractivity contribution in [3.8, 4) is 11.8 Å². The van der Waals surface area contributed by atoms with E-state index in [1.165, 1.54) is 0 Å². The Morgan fingerprint density at radius 1 is 1.36 bits per heavy atom. The van der Waals surface area contributed by atoms with E-state index in [1.807, 2.05) is 45.0 Å². The van der Waals surface area contributed by atoms with Gasteiger partial charge in [-0.3, -0.25) is 0 Å². The summed E-state index contributed by atoms with van der Waals surface area (Å²) in [6.07, 6.45) is 1.75. The Kier molecular flexibility index (Phi) is 6.30. The second-order valence-corrected chi connectivity index (χ2v) is 7.50. The lowest BCUT2D eigenvalue weighted by Gasteiger charge is -2.24. The maximum atomic E-state index is 12.3. The zero-order chi connectivity index (χ0) is 18.4. The van der Waals surface area contributed by atoms with Crippen molar-refractivity contribution >= 4 is 6.09 Å². The number of carbonyl (C=O) groups excluding carboxylic acids is 1. The zero-order valence-electron chi connectivity index (χ0n) is 15.6. The van der Waals surface area contributed by atoms with E-state index in [0.29, 0.717) is 19.7 Å². The minimum Gasteiger partial charge on any atom is -0.494 e. The molecule has 1 heterocycles. The van der Waals surface area contributed by atoms with Crippen LogP contribution in [0, 0.1) is 17.2 Å². The number of rotatable bonds is 5. The number of hydrogen-bond donors (Lipinski definition) is 0. The van der Waals surface area contributed by atoms with E-state index < -0.39 is 5.60 Å². The van der Waals surface area contributed by atoms with Crippen LogP contribution in [0.5, 0.6) is 5.75 Å². The maximum absolute atomic E-state index is 12.3. The second-order valence-electron chi connectivity index (χ2n) is 7.50. The summed E-state index contributed by atoms with van der Waals surface area (Å²) in [4.78, 5) is 13.9. The van der Waals surface area contributed by atoms with Crippen molar-refractivity contribution < 1.29 is 14.3 Å². The van der Waals surface area contributed by atoms with Gasteiger partial charge in [0.25, 0.3) is 0 Å². The van der Waals surface area contributed by atoms with Gasteiger partial charge in [-0.15, -0.1) is 0 Å². The number of likely N-dealkylation sites (tertiary alicyclic amines) is 1. The first-order chi connectivity index (χ1) is 11.8. The summed E-state index contributed by atoms with van der Waals surface area (Å²) in [5, 5.41) is 9.51. The molecule has 0 aliphatic carbocycles. The first-order valence-corrected chi connectivity index (χ1v) is 8.94. The molecule has 1 fully saturated rings. The molecular weight excluding hydrogens is 316 g/mol. The van der Waals surface area contributed by atoms with E-state index in [4.69, 9.17) is 9.47 Å². The first-order valence-electron chi connectivity index (χ1n) is 8.94. The molecule has 5 nitrogen and oxygen atoms in total. The highest BCUT2D eigenvalue weighted by atomic mass is 16.6. The first kappa shape index (κ1) is 19.1. The molecule has 1 saturated heterocycles. The molecule has 0 aromatic heterocycles. The molecule has 2 atom stereocenters. The SMILES string of the molecule is CCCCOc1cccc([C@@H]2CN(C(=O)OC(C)(C)C)CC2C#N)c1. The van der Waals surface area contributed by atoms with E-state index in [-0.39, 0.29) is 17.9 Å². The summed E-state index contributed by atoms with van der Waals surface area (Å²) in [6, 6.07) is 10.2. The van der Waals surface area contributed by atoms with Gasteiger partial charge in [0.2, 0.25) is 0 Å². The van der Waals surface area contributed by atoms with E-state index in [2.05, 4.69) is 13.0 Å². The lowest BCUT2D eigenvalue weighted by atomic mass is 9.90. The van der Waals surface area contributed by atoms with Gasteiger partial charge < -0.3 is 14.4 Å². The van der Waals surface area contributed by atoms with Gasteiger partial charge in [-0.2, -0.15) is 5.26 Å². The Bertz CT molecular complexity index is 631. The Balaban J connectivity index is 2.09. The average molecular weight is 344 g/mol. The highest BCUT2D eigenvalue weighted by Crippen LogP contribution is 2.34. The molecule has 1 amide bonds. The van der Waals surface area contributed by atoms with Crippen LogP contribution in [0.4, 0.5) is 4.79 Å². The van der Waals surface area contributed by atoms with Gasteiger partial charge in [-0.25, -0.2) is 4.79 Å². The lowest BCUT2D eigenvalue weighted by molar-refractivity contribution is 0.0289.